The highest BCUT2D eigenvalue weighted by Crippen LogP contribution is 2.33. The highest BCUT2D eigenvalue weighted by Gasteiger charge is 2.15. The summed E-state index contributed by atoms with van der Waals surface area (Å²) in [6, 6.07) is 13.1. The molecule has 2 aromatic carbocycles. The molecule has 0 saturated carbocycles. The average molecular weight is 474 g/mol. The van der Waals surface area contributed by atoms with Crippen LogP contribution in [0.25, 0.3) is 11.3 Å². The van der Waals surface area contributed by atoms with Crippen molar-refractivity contribution in [2.75, 3.05) is 5.32 Å². The maximum Gasteiger partial charge on any atom is 0.387 e. The van der Waals surface area contributed by atoms with Crippen LogP contribution in [0.4, 0.5) is 13.9 Å². The molecule has 2 aromatic heterocycles. The molecular formula is C22H17F2N3O3S2. The van der Waals surface area contributed by atoms with E-state index in [9.17, 15) is 13.6 Å². The number of thiazole rings is 2. The normalized spacial score (nSPS) is 10.9. The number of amides is 1. The lowest BCUT2D eigenvalue weighted by Gasteiger charge is -2.08. The summed E-state index contributed by atoms with van der Waals surface area (Å²) in [6.45, 7) is -0.649. The number of para-hydroxylation sites is 1. The van der Waals surface area contributed by atoms with Crippen LogP contribution in [-0.2, 0) is 6.61 Å². The van der Waals surface area contributed by atoms with Crippen molar-refractivity contribution in [3.8, 4) is 22.8 Å². The Kier molecular flexibility index (Phi) is 6.72. The number of benzene rings is 2. The van der Waals surface area contributed by atoms with Crippen LogP contribution < -0.4 is 14.8 Å². The number of nitrogens with zero attached hydrogens (tertiary/aromatic N) is 2. The summed E-state index contributed by atoms with van der Waals surface area (Å²) in [5, 5.41) is 7.65. The largest absolute Gasteiger partial charge is 0.487 e. The number of rotatable bonds is 8. The molecule has 0 atom stereocenters. The van der Waals surface area contributed by atoms with E-state index in [1.807, 2.05) is 12.3 Å². The van der Waals surface area contributed by atoms with Gasteiger partial charge in [0, 0.05) is 21.9 Å². The molecule has 2 heterocycles. The number of nitrogens with one attached hydrogen (secondary N) is 1. The summed E-state index contributed by atoms with van der Waals surface area (Å²) in [5.41, 5.74) is 2.14. The van der Waals surface area contributed by atoms with Crippen molar-refractivity contribution in [1.29, 1.82) is 0 Å². The minimum atomic E-state index is -2.94. The Morgan fingerprint density at radius 2 is 1.84 bits per heavy atom. The predicted octanol–water partition coefficient (Wildman–Crippen LogP) is 6.01. The van der Waals surface area contributed by atoms with E-state index in [1.54, 1.807) is 59.2 Å². The zero-order chi connectivity index (χ0) is 22.5. The van der Waals surface area contributed by atoms with Crippen LogP contribution in [-0.4, -0.2) is 22.5 Å². The summed E-state index contributed by atoms with van der Waals surface area (Å²) in [7, 11) is 0. The van der Waals surface area contributed by atoms with Crippen LogP contribution in [0.5, 0.6) is 11.5 Å². The van der Waals surface area contributed by atoms with Crippen molar-refractivity contribution in [2.45, 2.75) is 20.1 Å². The first-order valence-corrected chi connectivity index (χ1v) is 11.2. The zero-order valence-electron chi connectivity index (χ0n) is 16.7. The summed E-state index contributed by atoms with van der Waals surface area (Å²) >= 11 is 2.75. The van der Waals surface area contributed by atoms with E-state index in [-0.39, 0.29) is 11.7 Å². The second kappa shape index (κ2) is 9.84. The Morgan fingerprint density at radius 3 is 2.56 bits per heavy atom. The van der Waals surface area contributed by atoms with Gasteiger partial charge in [-0.25, -0.2) is 9.97 Å². The molecule has 1 amide bonds. The van der Waals surface area contributed by atoms with Gasteiger partial charge in [-0.2, -0.15) is 8.78 Å². The van der Waals surface area contributed by atoms with E-state index < -0.39 is 6.61 Å². The second-order valence-electron chi connectivity index (χ2n) is 6.54. The Bertz CT molecular complexity index is 1210. The summed E-state index contributed by atoms with van der Waals surface area (Å²) in [4.78, 5) is 21.2. The number of carbonyl (C=O) groups excluding carboxylic acids is 1. The third-order valence-electron chi connectivity index (χ3n) is 4.27. The molecule has 0 radical (unpaired) electrons. The Morgan fingerprint density at radius 1 is 1.06 bits per heavy atom. The minimum absolute atomic E-state index is 0.0223. The lowest BCUT2D eigenvalue weighted by molar-refractivity contribution is -0.0494. The second-order valence-corrected chi connectivity index (χ2v) is 8.46. The van der Waals surface area contributed by atoms with Gasteiger partial charge in [0.15, 0.2) is 5.13 Å². The van der Waals surface area contributed by atoms with Gasteiger partial charge in [0.2, 0.25) is 0 Å². The zero-order valence-corrected chi connectivity index (χ0v) is 18.4. The maximum atomic E-state index is 12.6. The third kappa shape index (κ3) is 5.45. The van der Waals surface area contributed by atoms with Crippen LogP contribution in [0.2, 0.25) is 0 Å². The fourth-order valence-corrected chi connectivity index (χ4v) is 4.14. The summed E-state index contributed by atoms with van der Waals surface area (Å²) in [6.07, 6.45) is 0. The number of hydrogen-bond donors (Lipinski definition) is 1. The maximum absolute atomic E-state index is 12.6. The molecule has 0 unspecified atom stereocenters. The molecule has 4 rings (SSSR count). The monoisotopic (exact) mass is 473 g/mol. The van der Waals surface area contributed by atoms with Gasteiger partial charge in [-0.05, 0) is 43.3 Å². The summed E-state index contributed by atoms with van der Waals surface area (Å²) < 4.78 is 35.5. The predicted molar refractivity (Wildman–Crippen MR) is 120 cm³/mol. The molecule has 0 bridgehead atoms. The standard InChI is InChI=1S/C22H17F2N3O3S2/c1-13-25-15(11-31-13)10-29-16-8-6-14(7-9-16)20(28)27-22-26-18(12-32-22)17-4-2-3-5-19(17)30-21(23)24/h2-9,11-12,21H,10H2,1H3,(H,26,27,28). The molecule has 0 fully saturated rings. The fraction of sp³-hybridized carbons (Fsp3) is 0.136. The average Bonchev–Trinajstić information content (AvgIpc) is 3.41. The molecule has 32 heavy (non-hydrogen) atoms. The van der Waals surface area contributed by atoms with Crippen LogP contribution in [0, 0.1) is 6.92 Å². The van der Waals surface area contributed by atoms with Gasteiger partial charge >= 0.3 is 6.61 Å². The fourth-order valence-electron chi connectivity index (χ4n) is 2.84. The van der Waals surface area contributed by atoms with E-state index >= 15 is 0 Å². The minimum Gasteiger partial charge on any atom is -0.487 e. The number of ether oxygens (including phenoxy) is 2. The highest BCUT2D eigenvalue weighted by atomic mass is 32.1. The van der Waals surface area contributed by atoms with Gasteiger partial charge in [0.1, 0.15) is 18.1 Å². The molecule has 0 aliphatic rings. The van der Waals surface area contributed by atoms with Gasteiger partial charge < -0.3 is 9.47 Å². The molecular weight excluding hydrogens is 456 g/mol. The lowest BCUT2D eigenvalue weighted by Crippen LogP contribution is -2.11. The topological polar surface area (TPSA) is 73.3 Å². The number of aryl methyl sites for hydroxylation is 1. The first-order valence-electron chi connectivity index (χ1n) is 9.43. The van der Waals surface area contributed by atoms with E-state index in [0.29, 0.717) is 34.3 Å². The molecule has 4 aromatic rings. The molecule has 0 aliphatic heterocycles. The van der Waals surface area contributed by atoms with Gasteiger partial charge in [0.05, 0.1) is 16.4 Å². The molecule has 0 spiro atoms. The van der Waals surface area contributed by atoms with Crippen molar-refractivity contribution in [3.63, 3.8) is 0 Å². The van der Waals surface area contributed by atoms with Crippen LogP contribution in [0.1, 0.15) is 21.1 Å². The van der Waals surface area contributed by atoms with Gasteiger partial charge in [-0.15, -0.1) is 22.7 Å². The van der Waals surface area contributed by atoms with E-state index in [1.165, 1.54) is 17.4 Å². The number of carbonyl (C=O) groups is 1. The van der Waals surface area contributed by atoms with Crippen LogP contribution in [0.3, 0.4) is 0 Å². The van der Waals surface area contributed by atoms with Crippen molar-refractivity contribution < 1.29 is 23.0 Å². The first kappa shape index (κ1) is 21.8. The van der Waals surface area contributed by atoms with Gasteiger partial charge in [0.25, 0.3) is 5.91 Å². The quantitative estimate of drug-likeness (QED) is 0.339. The molecule has 1 N–H and O–H groups in total. The van der Waals surface area contributed by atoms with Crippen molar-refractivity contribution in [2.24, 2.45) is 0 Å². The SMILES string of the molecule is Cc1nc(COc2ccc(C(=O)Nc3nc(-c4ccccc4OC(F)F)cs3)cc2)cs1. The number of anilines is 1. The van der Waals surface area contributed by atoms with Gasteiger partial charge in [-0.1, -0.05) is 12.1 Å². The Balaban J connectivity index is 1.39. The lowest BCUT2D eigenvalue weighted by atomic mass is 10.1. The van der Waals surface area contributed by atoms with E-state index in [0.717, 1.165) is 10.7 Å². The third-order valence-corrected chi connectivity index (χ3v) is 5.85. The van der Waals surface area contributed by atoms with Crippen molar-refractivity contribution in [1.82, 2.24) is 9.97 Å². The van der Waals surface area contributed by atoms with E-state index in [2.05, 4.69) is 20.0 Å². The van der Waals surface area contributed by atoms with E-state index in [4.69, 9.17) is 4.74 Å². The smallest absolute Gasteiger partial charge is 0.387 e. The highest BCUT2D eigenvalue weighted by molar-refractivity contribution is 7.14. The van der Waals surface area contributed by atoms with Crippen molar-refractivity contribution in [3.05, 3.63) is 75.6 Å². The Hall–Kier alpha value is -3.37. The molecule has 0 saturated heterocycles. The first-order chi connectivity index (χ1) is 15.5. The molecule has 0 aliphatic carbocycles. The van der Waals surface area contributed by atoms with Crippen LogP contribution in [0.15, 0.2) is 59.3 Å². The van der Waals surface area contributed by atoms with Crippen LogP contribution >= 0.6 is 22.7 Å². The number of aromatic nitrogens is 2. The number of alkyl halides is 2. The molecule has 10 heteroatoms. The molecule has 6 nitrogen and oxygen atoms in total. The van der Waals surface area contributed by atoms with Crippen molar-refractivity contribution >= 4 is 33.7 Å². The number of hydrogen-bond acceptors (Lipinski definition) is 7. The van der Waals surface area contributed by atoms with Gasteiger partial charge in [-0.3, -0.25) is 10.1 Å². The molecule has 164 valence electrons. The Labute approximate surface area is 190 Å². The number of halogens is 2. The summed E-state index contributed by atoms with van der Waals surface area (Å²) in [5.74, 6) is 0.304.